The van der Waals surface area contributed by atoms with Gasteiger partial charge in [0.05, 0.1) is 0 Å². The summed E-state index contributed by atoms with van der Waals surface area (Å²) in [5, 5.41) is 3.02. The molecule has 0 aromatic heterocycles. The Bertz CT molecular complexity index is 954. The number of benzene rings is 2. The van der Waals surface area contributed by atoms with Gasteiger partial charge in [-0.25, -0.2) is 0 Å². The molecule has 186 valence electrons. The zero-order chi connectivity index (χ0) is 23.7. The molecule has 2 aromatic rings. The molecule has 7 unspecified atom stereocenters. The van der Waals surface area contributed by atoms with Crippen molar-refractivity contribution in [3.05, 3.63) is 47.0 Å². The molecule has 7 atom stereocenters. The number of rotatable bonds is 8. The van der Waals surface area contributed by atoms with Crippen LogP contribution in [0.4, 0.5) is 0 Å². The third-order valence-electron chi connectivity index (χ3n) is 10.6. The molecule has 0 N–H and O–H groups in total. The lowest BCUT2D eigenvalue weighted by molar-refractivity contribution is -0.00410. The first-order valence-electron chi connectivity index (χ1n) is 15.1. The Morgan fingerprint density at radius 3 is 2.59 bits per heavy atom. The predicted octanol–water partition coefficient (Wildman–Crippen LogP) is 10.3. The fourth-order valence-electron chi connectivity index (χ4n) is 8.68. The Labute approximate surface area is 210 Å². The largest absolute Gasteiger partial charge is 0.0654 e. The normalized spacial score (nSPS) is 31.5. The minimum Gasteiger partial charge on any atom is -0.0654 e. The molecule has 0 nitrogen and oxygen atoms in total. The van der Waals surface area contributed by atoms with E-state index >= 15 is 0 Å². The Morgan fingerprint density at radius 1 is 0.882 bits per heavy atom. The lowest BCUT2D eigenvalue weighted by atomic mass is 9.51. The number of hydrogen-bond donors (Lipinski definition) is 0. The molecule has 3 aliphatic carbocycles. The Hall–Kier alpha value is -1.30. The minimum atomic E-state index is 0.825. The highest BCUT2D eigenvalue weighted by atomic mass is 14.5. The maximum absolute atomic E-state index is 2.56. The molecule has 0 spiro atoms. The van der Waals surface area contributed by atoms with E-state index in [1.165, 1.54) is 88.0 Å². The molecule has 2 saturated carbocycles. The van der Waals surface area contributed by atoms with Gasteiger partial charge in [-0.15, -0.1) is 0 Å². The van der Waals surface area contributed by atoms with Crippen molar-refractivity contribution in [2.24, 2.45) is 35.5 Å². The van der Waals surface area contributed by atoms with Gasteiger partial charge in [0, 0.05) is 0 Å². The Kier molecular flexibility index (Phi) is 7.72. The second-order valence-electron chi connectivity index (χ2n) is 12.8. The van der Waals surface area contributed by atoms with Gasteiger partial charge in [-0.3, -0.25) is 0 Å². The van der Waals surface area contributed by atoms with Gasteiger partial charge >= 0.3 is 0 Å². The smallest absolute Gasteiger partial charge is 0.0125 e. The fourth-order valence-corrected chi connectivity index (χ4v) is 8.68. The lowest BCUT2D eigenvalue weighted by Crippen LogP contribution is -2.44. The summed E-state index contributed by atoms with van der Waals surface area (Å²) < 4.78 is 0. The molecule has 0 heteroatoms. The standard InChI is InChI=1S/C34H50/c1-5-7-8-9-10-25-12-15-30-32-18-17-29-28-14-11-24(4)20-26(28)13-16-31(29)34(32)22-27(33(30)21-25)19-23(3)6-2/h11,13-14,16,20,23,25,27,30,32-34H,5-10,12,15,17-19,21-22H2,1-4H3. The molecule has 0 aliphatic heterocycles. The topological polar surface area (TPSA) is 0 Å². The molecule has 0 amide bonds. The molecule has 2 aromatic carbocycles. The van der Waals surface area contributed by atoms with Crippen LogP contribution in [0, 0.1) is 42.4 Å². The molecule has 0 radical (unpaired) electrons. The number of aryl methyl sites for hydroxylation is 2. The van der Waals surface area contributed by atoms with Crippen molar-refractivity contribution in [1.82, 2.24) is 0 Å². The van der Waals surface area contributed by atoms with Crippen molar-refractivity contribution < 1.29 is 0 Å². The van der Waals surface area contributed by atoms with E-state index in [-0.39, 0.29) is 0 Å². The quantitative estimate of drug-likeness (QED) is 0.345. The van der Waals surface area contributed by atoms with Crippen LogP contribution in [0.15, 0.2) is 30.3 Å². The van der Waals surface area contributed by atoms with E-state index in [0.717, 1.165) is 41.4 Å². The summed E-state index contributed by atoms with van der Waals surface area (Å²) in [6.45, 7) is 9.51. The first-order valence-corrected chi connectivity index (χ1v) is 15.1. The van der Waals surface area contributed by atoms with Crippen LogP contribution in [0.5, 0.6) is 0 Å². The predicted molar refractivity (Wildman–Crippen MR) is 148 cm³/mol. The van der Waals surface area contributed by atoms with Crippen LogP contribution in [0.2, 0.25) is 0 Å². The summed E-state index contributed by atoms with van der Waals surface area (Å²) in [7, 11) is 0. The molecular weight excluding hydrogens is 408 g/mol. The van der Waals surface area contributed by atoms with Gasteiger partial charge in [-0.05, 0) is 109 Å². The highest BCUT2D eigenvalue weighted by Gasteiger charge is 2.48. The van der Waals surface area contributed by atoms with Crippen molar-refractivity contribution in [3.8, 4) is 0 Å². The van der Waals surface area contributed by atoms with Gasteiger partial charge in [-0.2, -0.15) is 0 Å². The average molecular weight is 459 g/mol. The van der Waals surface area contributed by atoms with Crippen LogP contribution in [0.25, 0.3) is 10.8 Å². The summed E-state index contributed by atoms with van der Waals surface area (Å²) in [6.07, 6.45) is 19.0. The fraction of sp³-hybridized carbons (Fsp3) is 0.706. The third kappa shape index (κ3) is 4.85. The summed E-state index contributed by atoms with van der Waals surface area (Å²) in [6, 6.07) is 12.2. The summed E-state index contributed by atoms with van der Waals surface area (Å²) in [5.41, 5.74) is 4.85. The van der Waals surface area contributed by atoms with E-state index in [2.05, 4.69) is 58.0 Å². The first-order chi connectivity index (χ1) is 16.6. The van der Waals surface area contributed by atoms with Gasteiger partial charge in [-0.1, -0.05) is 102 Å². The van der Waals surface area contributed by atoms with Crippen LogP contribution in [-0.2, 0) is 6.42 Å². The maximum atomic E-state index is 2.56. The summed E-state index contributed by atoms with van der Waals surface area (Å²) in [5.74, 6) is 6.66. The van der Waals surface area contributed by atoms with Crippen molar-refractivity contribution >= 4 is 10.8 Å². The zero-order valence-electron chi connectivity index (χ0n) is 22.6. The zero-order valence-corrected chi connectivity index (χ0v) is 22.6. The van der Waals surface area contributed by atoms with Crippen LogP contribution < -0.4 is 0 Å². The van der Waals surface area contributed by atoms with Crippen LogP contribution in [-0.4, -0.2) is 0 Å². The number of unbranched alkanes of at least 4 members (excludes halogenated alkanes) is 3. The third-order valence-corrected chi connectivity index (χ3v) is 10.6. The second kappa shape index (κ2) is 10.8. The molecule has 0 saturated heterocycles. The highest BCUT2D eigenvalue weighted by Crippen LogP contribution is 2.58. The van der Waals surface area contributed by atoms with Gasteiger partial charge in [0.2, 0.25) is 0 Å². The maximum Gasteiger partial charge on any atom is -0.0125 e. The van der Waals surface area contributed by atoms with Crippen LogP contribution in [0.1, 0.15) is 120 Å². The number of hydrogen-bond acceptors (Lipinski definition) is 0. The highest BCUT2D eigenvalue weighted by molar-refractivity contribution is 5.87. The van der Waals surface area contributed by atoms with E-state index in [0.29, 0.717) is 0 Å². The van der Waals surface area contributed by atoms with Gasteiger partial charge < -0.3 is 0 Å². The van der Waals surface area contributed by atoms with Crippen molar-refractivity contribution in [2.75, 3.05) is 0 Å². The van der Waals surface area contributed by atoms with Crippen LogP contribution in [0.3, 0.4) is 0 Å². The molecule has 2 fully saturated rings. The molecular formula is C34H50. The lowest BCUT2D eigenvalue weighted by Gasteiger charge is -2.54. The monoisotopic (exact) mass is 458 g/mol. The molecule has 34 heavy (non-hydrogen) atoms. The van der Waals surface area contributed by atoms with Crippen molar-refractivity contribution in [1.29, 1.82) is 0 Å². The van der Waals surface area contributed by atoms with Crippen molar-refractivity contribution in [3.63, 3.8) is 0 Å². The molecule has 0 bridgehead atoms. The first kappa shape index (κ1) is 24.4. The van der Waals surface area contributed by atoms with E-state index < -0.39 is 0 Å². The molecule has 3 aliphatic rings. The van der Waals surface area contributed by atoms with Gasteiger partial charge in [0.15, 0.2) is 0 Å². The van der Waals surface area contributed by atoms with Gasteiger partial charge in [0.25, 0.3) is 0 Å². The Morgan fingerprint density at radius 2 is 1.76 bits per heavy atom. The van der Waals surface area contributed by atoms with Gasteiger partial charge in [0.1, 0.15) is 0 Å². The Balaban J connectivity index is 1.40. The van der Waals surface area contributed by atoms with E-state index in [4.69, 9.17) is 0 Å². The van der Waals surface area contributed by atoms with E-state index in [1.54, 1.807) is 22.9 Å². The SMILES string of the molecule is CCCCCCC1CCC2C(C1)C(CC(C)CC)CC1c3ccc4cc(C)ccc4c3CCC12. The second-order valence-corrected chi connectivity index (χ2v) is 12.8. The summed E-state index contributed by atoms with van der Waals surface area (Å²) in [4.78, 5) is 0. The van der Waals surface area contributed by atoms with E-state index in [9.17, 15) is 0 Å². The van der Waals surface area contributed by atoms with Crippen molar-refractivity contribution in [2.45, 2.75) is 117 Å². The average Bonchev–Trinajstić information content (AvgIpc) is 2.86. The van der Waals surface area contributed by atoms with Crippen LogP contribution >= 0.6 is 0 Å². The molecule has 0 heterocycles. The molecule has 5 rings (SSSR count). The van der Waals surface area contributed by atoms with E-state index in [1.807, 2.05) is 0 Å². The minimum absolute atomic E-state index is 0.825. The summed E-state index contributed by atoms with van der Waals surface area (Å²) >= 11 is 0. The number of fused-ring (bicyclic) bond motifs is 7.